The molecular formula is C14H16F5N3O2. The van der Waals surface area contributed by atoms with Gasteiger partial charge in [0.15, 0.2) is 6.61 Å². The number of ether oxygens (including phenoxy) is 1. The average molecular weight is 353 g/mol. The van der Waals surface area contributed by atoms with Gasteiger partial charge in [0.05, 0.1) is 0 Å². The van der Waals surface area contributed by atoms with Crippen LogP contribution in [0.25, 0.3) is 0 Å². The first-order chi connectivity index (χ1) is 11.2. The summed E-state index contributed by atoms with van der Waals surface area (Å²) in [6.07, 6.45) is -2.81. The van der Waals surface area contributed by atoms with Gasteiger partial charge in [-0.05, 0) is 38.1 Å². The molecule has 1 aromatic rings. The van der Waals surface area contributed by atoms with E-state index in [1.54, 1.807) is 0 Å². The molecule has 2 N–H and O–H groups in total. The van der Waals surface area contributed by atoms with Crippen LogP contribution in [0.4, 0.5) is 22.0 Å². The lowest BCUT2D eigenvalue weighted by atomic mass is 10.1. The quantitative estimate of drug-likeness (QED) is 0.795. The van der Waals surface area contributed by atoms with Crippen LogP contribution >= 0.6 is 0 Å². The molecule has 0 radical (unpaired) electrons. The van der Waals surface area contributed by atoms with Crippen LogP contribution in [0.3, 0.4) is 0 Å². The van der Waals surface area contributed by atoms with E-state index in [2.05, 4.69) is 20.4 Å². The predicted molar refractivity (Wildman–Crippen MR) is 73.7 cm³/mol. The second kappa shape index (κ2) is 7.29. The number of carbonyl (C=O) groups excluding carboxylic acids is 1. The first kappa shape index (κ1) is 18.4. The third kappa shape index (κ3) is 4.76. The maximum absolute atomic E-state index is 13.8. The number of nitrogens with zero attached hydrogens (tertiary/aromatic N) is 1. The number of nitrogens with one attached hydrogen (secondary N) is 2. The van der Waals surface area contributed by atoms with Crippen LogP contribution in [-0.4, -0.2) is 42.6 Å². The van der Waals surface area contributed by atoms with E-state index < -0.39 is 42.1 Å². The van der Waals surface area contributed by atoms with E-state index in [0.29, 0.717) is 32.0 Å². The average Bonchev–Trinajstić information content (AvgIpc) is 2.53. The highest BCUT2D eigenvalue weighted by molar-refractivity contribution is 5.83. The first-order valence-electron chi connectivity index (χ1n) is 7.24. The van der Waals surface area contributed by atoms with E-state index in [1.165, 1.54) is 0 Å². The van der Waals surface area contributed by atoms with Crippen LogP contribution in [-0.2, 0) is 11.0 Å². The number of carbonyl (C=O) groups is 1. The summed E-state index contributed by atoms with van der Waals surface area (Å²) in [6, 6.07) is 1.28. The van der Waals surface area contributed by atoms with Gasteiger partial charge in [0, 0.05) is 12.2 Å². The molecule has 1 aliphatic heterocycles. The Morgan fingerprint density at radius 3 is 2.58 bits per heavy atom. The maximum atomic E-state index is 13.8. The van der Waals surface area contributed by atoms with E-state index in [9.17, 15) is 26.7 Å². The molecule has 5 nitrogen and oxygen atoms in total. The zero-order valence-electron chi connectivity index (χ0n) is 12.5. The number of aromatic nitrogens is 1. The molecular weight excluding hydrogens is 337 g/mol. The molecule has 0 aliphatic carbocycles. The molecule has 1 aliphatic rings. The minimum Gasteiger partial charge on any atom is -0.470 e. The Morgan fingerprint density at radius 1 is 1.29 bits per heavy atom. The number of alkyl halides is 5. The Hall–Kier alpha value is -1.97. The van der Waals surface area contributed by atoms with Crippen LogP contribution in [0.15, 0.2) is 18.3 Å². The van der Waals surface area contributed by atoms with Gasteiger partial charge in [0.25, 0.3) is 5.91 Å². The van der Waals surface area contributed by atoms with Crippen LogP contribution in [0, 0.1) is 0 Å². The van der Waals surface area contributed by atoms with Gasteiger partial charge in [0.1, 0.15) is 5.56 Å². The molecule has 0 atom stereocenters. The van der Waals surface area contributed by atoms with Crippen molar-refractivity contribution < 1.29 is 31.5 Å². The summed E-state index contributed by atoms with van der Waals surface area (Å²) >= 11 is 0. The largest absolute Gasteiger partial charge is 0.470 e. The highest BCUT2D eigenvalue weighted by atomic mass is 19.4. The summed E-state index contributed by atoms with van der Waals surface area (Å²) in [5.74, 6) is -6.52. The van der Waals surface area contributed by atoms with Crippen molar-refractivity contribution >= 4 is 5.91 Å². The highest BCUT2D eigenvalue weighted by Crippen LogP contribution is 2.35. The van der Waals surface area contributed by atoms with Crippen molar-refractivity contribution in [3.63, 3.8) is 0 Å². The molecule has 24 heavy (non-hydrogen) atoms. The third-order valence-corrected chi connectivity index (χ3v) is 3.47. The molecule has 10 heteroatoms. The minimum absolute atomic E-state index is 0.398. The van der Waals surface area contributed by atoms with Gasteiger partial charge in [-0.2, -0.15) is 22.0 Å². The summed E-state index contributed by atoms with van der Waals surface area (Å²) in [5.41, 5.74) is -1.28. The van der Waals surface area contributed by atoms with Crippen LogP contribution < -0.4 is 15.4 Å². The number of halogens is 5. The SMILES string of the molecule is O=C(NC1CCNCC1)C(F)(F)COc1ncccc1C(F)(F)F. The lowest BCUT2D eigenvalue weighted by Gasteiger charge is -2.26. The van der Waals surface area contributed by atoms with Crippen molar-refractivity contribution in [2.45, 2.75) is 31.0 Å². The molecule has 0 bridgehead atoms. The number of amides is 1. The monoisotopic (exact) mass is 353 g/mol. The fourth-order valence-corrected chi connectivity index (χ4v) is 2.20. The van der Waals surface area contributed by atoms with Crippen LogP contribution in [0.5, 0.6) is 5.88 Å². The standard InChI is InChI=1S/C14H16F5N3O2/c15-13(16,12(23)22-9-3-6-20-7-4-9)8-24-11-10(14(17,18)19)2-1-5-21-11/h1-2,5,9,20H,3-4,6-8H2,(H,22,23). The van der Waals surface area contributed by atoms with Gasteiger partial charge >= 0.3 is 12.1 Å². The summed E-state index contributed by atoms with van der Waals surface area (Å²) < 4.78 is 70.4. The molecule has 0 saturated carbocycles. The Balaban J connectivity index is 1.98. The molecule has 134 valence electrons. The van der Waals surface area contributed by atoms with Crippen molar-refractivity contribution in [1.82, 2.24) is 15.6 Å². The second-order valence-electron chi connectivity index (χ2n) is 5.34. The topological polar surface area (TPSA) is 63.2 Å². The van der Waals surface area contributed by atoms with E-state index in [0.717, 1.165) is 12.3 Å². The smallest absolute Gasteiger partial charge is 0.421 e. The molecule has 0 unspecified atom stereocenters. The Labute approximate surface area is 134 Å². The number of pyridine rings is 1. The summed E-state index contributed by atoms with van der Waals surface area (Å²) in [7, 11) is 0. The van der Waals surface area contributed by atoms with Gasteiger partial charge in [0.2, 0.25) is 5.88 Å². The van der Waals surface area contributed by atoms with Gasteiger partial charge in [-0.25, -0.2) is 4.98 Å². The predicted octanol–water partition coefficient (Wildman–Crippen LogP) is 1.98. The molecule has 0 aromatic carbocycles. The van der Waals surface area contributed by atoms with Crippen molar-refractivity contribution in [3.05, 3.63) is 23.9 Å². The maximum Gasteiger partial charge on any atom is 0.421 e. The van der Waals surface area contributed by atoms with Crippen LogP contribution in [0.1, 0.15) is 18.4 Å². The fraction of sp³-hybridized carbons (Fsp3) is 0.571. The Kier molecular flexibility index (Phi) is 5.58. The number of hydrogen-bond acceptors (Lipinski definition) is 4. The molecule has 2 heterocycles. The highest BCUT2D eigenvalue weighted by Gasteiger charge is 2.42. The lowest BCUT2D eigenvalue weighted by molar-refractivity contribution is -0.152. The van der Waals surface area contributed by atoms with Crippen molar-refractivity contribution in [3.8, 4) is 5.88 Å². The summed E-state index contributed by atoms with van der Waals surface area (Å²) in [6.45, 7) is -0.338. The van der Waals surface area contributed by atoms with E-state index in [4.69, 9.17) is 0 Å². The fourth-order valence-electron chi connectivity index (χ4n) is 2.20. The minimum atomic E-state index is -4.80. The molecule has 2 rings (SSSR count). The second-order valence-corrected chi connectivity index (χ2v) is 5.34. The van der Waals surface area contributed by atoms with E-state index >= 15 is 0 Å². The van der Waals surface area contributed by atoms with Crippen molar-refractivity contribution in [2.24, 2.45) is 0 Å². The van der Waals surface area contributed by atoms with Crippen LogP contribution in [0.2, 0.25) is 0 Å². The molecule has 1 fully saturated rings. The van der Waals surface area contributed by atoms with Crippen molar-refractivity contribution in [1.29, 1.82) is 0 Å². The van der Waals surface area contributed by atoms with Gasteiger partial charge < -0.3 is 15.4 Å². The summed E-state index contributed by atoms with van der Waals surface area (Å²) in [5, 5.41) is 5.20. The molecule has 1 aromatic heterocycles. The molecule has 1 saturated heterocycles. The normalized spacial score (nSPS) is 16.7. The first-order valence-corrected chi connectivity index (χ1v) is 7.24. The van der Waals surface area contributed by atoms with Gasteiger partial charge in [-0.3, -0.25) is 4.79 Å². The zero-order chi connectivity index (χ0) is 17.8. The van der Waals surface area contributed by atoms with E-state index in [1.807, 2.05) is 0 Å². The molecule has 1 amide bonds. The third-order valence-electron chi connectivity index (χ3n) is 3.47. The number of piperidine rings is 1. The lowest BCUT2D eigenvalue weighted by Crippen LogP contribution is -2.50. The Morgan fingerprint density at radius 2 is 1.96 bits per heavy atom. The number of hydrogen-bond donors (Lipinski definition) is 2. The zero-order valence-corrected chi connectivity index (χ0v) is 12.5. The van der Waals surface area contributed by atoms with Gasteiger partial charge in [-0.15, -0.1) is 0 Å². The summed E-state index contributed by atoms with van der Waals surface area (Å²) in [4.78, 5) is 14.9. The van der Waals surface area contributed by atoms with Gasteiger partial charge in [-0.1, -0.05) is 0 Å². The molecule has 0 spiro atoms. The number of rotatable bonds is 5. The van der Waals surface area contributed by atoms with Crippen molar-refractivity contribution in [2.75, 3.05) is 19.7 Å². The van der Waals surface area contributed by atoms with E-state index in [-0.39, 0.29) is 0 Å². The Bertz CT molecular complexity index is 574.